The average molecular weight is 377 g/mol. The predicted octanol–water partition coefficient (Wildman–Crippen LogP) is 3.28. The molecule has 0 radical (unpaired) electrons. The molecule has 0 saturated heterocycles. The Morgan fingerprint density at radius 3 is 2.50 bits per heavy atom. The van der Waals surface area contributed by atoms with Gasteiger partial charge in [-0.3, -0.25) is 4.79 Å². The minimum absolute atomic E-state index is 0.136. The number of anilines is 1. The molecule has 2 rings (SSSR count). The second kappa shape index (κ2) is 8.48. The minimum atomic E-state index is -0.643. The van der Waals surface area contributed by atoms with Crippen LogP contribution in [-0.4, -0.2) is 38.7 Å². The lowest BCUT2D eigenvalue weighted by Crippen LogP contribution is -2.14. The quantitative estimate of drug-likeness (QED) is 0.777. The van der Waals surface area contributed by atoms with Crippen LogP contribution in [0, 0.1) is 6.92 Å². The highest BCUT2D eigenvalue weighted by Crippen LogP contribution is 2.34. The average Bonchev–Trinajstić information content (AvgIpc) is 2.97. The smallest absolute Gasteiger partial charge is 0.348 e. The van der Waals surface area contributed by atoms with Gasteiger partial charge in [0.15, 0.2) is 0 Å². The largest absolute Gasteiger partial charge is 0.497 e. The number of thiophene rings is 1. The van der Waals surface area contributed by atoms with E-state index in [1.807, 2.05) is 0 Å². The lowest BCUT2D eigenvalue weighted by molar-refractivity contribution is 0.0531. The zero-order valence-corrected chi connectivity index (χ0v) is 15.7. The first kappa shape index (κ1) is 19.5. The molecule has 26 heavy (non-hydrogen) atoms. The van der Waals surface area contributed by atoms with Crippen molar-refractivity contribution in [3.05, 3.63) is 45.8 Å². The second-order valence-electron chi connectivity index (χ2n) is 5.16. The number of hydrogen-bond acceptors (Lipinski definition) is 7. The van der Waals surface area contributed by atoms with Gasteiger partial charge in [-0.1, -0.05) is 6.07 Å². The number of ether oxygens (including phenoxy) is 3. The van der Waals surface area contributed by atoms with Gasteiger partial charge in [0.2, 0.25) is 0 Å². The maximum atomic E-state index is 12.5. The second-order valence-corrected chi connectivity index (χ2v) is 6.18. The molecular weight excluding hydrogens is 358 g/mol. The van der Waals surface area contributed by atoms with Crippen LogP contribution in [0.4, 0.5) is 5.00 Å². The molecule has 8 heteroatoms. The normalized spacial score (nSPS) is 10.2. The number of rotatable bonds is 6. The fourth-order valence-corrected chi connectivity index (χ4v) is 3.36. The number of carbonyl (C=O) groups is 3. The summed E-state index contributed by atoms with van der Waals surface area (Å²) < 4.78 is 14.9. The highest BCUT2D eigenvalue weighted by molar-refractivity contribution is 7.18. The van der Waals surface area contributed by atoms with Crippen LogP contribution in [-0.2, 0) is 9.47 Å². The summed E-state index contributed by atoms with van der Waals surface area (Å²) >= 11 is 0.972. The fraction of sp³-hybridized carbons (Fsp3) is 0.278. The van der Waals surface area contributed by atoms with Crippen LogP contribution in [0.3, 0.4) is 0 Å². The van der Waals surface area contributed by atoms with Gasteiger partial charge in [-0.2, -0.15) is 0 Å². The van der Waals surface area contributed by atoms with Crippen molar-refractivity contribution in [3.63, 3.8) is 0 Å². The van der Waals surface area contributed by atoms with E-state index < -0.39 is 17.8 Å². The van der Waals surface area contributed by atoms with E-state index in [0.717, 1.165) is 11.3 Å². The van der Waals surface area contributed by atoms with Gasteiger partial charge in [0.25, 0.3) is 5.91 Å². The summed E-state index contributed by atoms with van der Waals surface area (Å²) in [6.07, 6.45) is 0. The number of esters is 2. The highest BCUT2D eigenvalue weighted by Gasteiger charge is 2.27. The highest BCUT2D eigenvalue weighted by atomic mass is 32.1. The maximum absolute atomic E-state index is 12.5. The fourth-order valence-electron chi connectivity index (χ4n) is 2.28. The molecule has 0 aliphatic rings. The topological polar surface area (TPSA) is 90.9 Å². The Hall–Kier alpha value is -2.87. The van der Waals surface area contributed by atoms with Crippen molar-refractivity contribution in [2.24, 2.45) is 0 Å². The molecule has 0 saturated carbocycles. The summed E-state index contributed by atoms with van der Waals surface area (Å²) in [7, 11) is 2.73. The molecule has 0 fully saturated rings. The van der Waals surface area contributed by atoms with Gasteiger partial charge in [-0.25, -0.2) is 9.59 Å². The Morgan fingerprint density at radius 1 is 1.15 bits per heavy atom. The minimum Gasteiger partial charge on any atom is -0.497 e. The van der Waals surface area contributed by atoms with Crippen molar-refractivity contribution >= 4 is 34.2 Å². The molecule has 1 aromatic heterocycles. The van der Waals surface area contributed by atoms with Crippen molar-refractivity contribution < 1.29 is 28.6 Å². The van der Waals surface area contributed by atoms with Gasteiger partial charge < -0.3 is 19.5 Å². The summed E-state index contributed by atoms with van der Waals surface area (Å²) in [5.41, 5.74) is 0.891. The monoisotopic (exact) mass is 377 g/mol. The molecule has 138 valence electrons. The molecule has 0 aliphatic carbocycles. The molecule has 0 spiro atoms. The van der Waals surface area contributed by atoms with Gasteiger partial charge in [-0.15, -0.1) is 11.3 Å². The number of methoxy groups -OCH3 is 2. The van der Waals surface area contributed by atoms with Crippen LogP contribution in [0.2, 0.25) is 0 Å². The van der Waals surface area contributed by atoms with Crippen LogP contribution in [0.5, 0.6) is 5.75 Å². The number of hydrogen-bond donors (Lipinski definition) is 1. The number of carbonyl (C=O) groups excluding carboxylic acids is 3. The van der Waals surface area contributed by atoms with E-state index in [-0.39, 0.29) is 22.0 Å². The van der Waals surface area contributed by atoms with Gasteiger partial charge >= 0.3 is 11.9 Å². The number of amides is 1. The predicted molar refractivity (Wildman–Crippen MR) is 97.3 cm³/mol. The van der Waals surface area contributed by atoms with Crippen LogP contribution in [0.25, 0.3) is 0 Å². The third-order valence-electron chi connectivity index (χ3n) is 3.56. The maximum Gasteiger partial charge on any atom is 0.348 e. The molecule has 7 nitrogen and oxygen atoms in total. The molecule has 0 aliphatic heterocycles. The number of nitrogens with one attached hydrogen (secondary N) is 1. The van der Waals surface area contributed by atoms with Crippen molar-refractivity contribution in [2.45, 2.75) is 13.8 Å². The summed E-state index contributed by atoms with van der Waals surface area (Å²) in [5.74, 6) is -1.11. The first-order valence-electron chi connectivity index (χ1n) is 7.77. The van der Waals surface area contributed by atoms with Gasteiger partial charge in [0.05, 0.1) is 26.4 Å². The Bertz CT molecular complexity index is 842. The van der Waals surface area contributed by atoms with Crippen molar-refractivity contribution in [1.29, 1.82) is 0 Å². The Balaban J connectivity index is 2.40. The van der Waals surface area contributed by atoms with E-state index in [1.54, 1.807) is 38.1 Å². The van der Waals surface area contributed by atoms with Gasteiger partial charge in [-0.05, 0) is 37.6 Å². The van der Waals surface area contributed by atoms with Crippen LogP contribution >= 0.6 is 11.3 Å². The molecule has 0 unspecified atom stereocenters. The van der Waals surface area contributed by atoms with Crippen molar-refractivity contribution in [3.8, 4) is 5.75 Å². The molecular formula is C18H19NO6S. The lowest BCUT2D eigenvalue weighted by atomic mass is 10.1. The standard InChI is InChI=1S/C18H19NO6S/c1-5-25-18(22)14-10(2)13(17(21)24-4)16(26-14)19-15(20)11-7-6-8-12(9-11)23-3/h6-9H,5H2,1-4H3,(H,19,20). The van der Waals surface area contributed by atoms with E-state index in [2.05, 4.69) is 5.32 Å². The third kappa shape index (κ3) is 4.02. The van der Waals surface area contributed by atoms with E-state index in [0.29, 0.717) is 16.9 Å². The van der Waals surface area contributed by atoms with E-state index >= 15 is 0 Å². The zero-order valence-electron chi connectivity index (χ0n) is 14.9. The van der Waals surface area contributed by atoms with Crippen LogP contribution in [0.1, 0.15) is 42.9 Å². The van der Waals surface area contributed by atoms with Crippen LogP contribution < -0.4 is 10.1 Å². The Labute approximate surface area is 154 Å². The molecule has 1 aromatic carbocycles. The molecule has 0 atom stereocenters. The molecule has 1 heterocycles. The Kier molecular flexibility index (Phi) is 6.35. The first-order chi connectivity index (χ1) is 12.4. The van der Waals surface area contributed by atoms with Crippen molar-refractivity contribution in [1.82, 2.24) is 0 Å². The van der Waals surface area contributed by atoms with E-state index in [1.165, 1.54) is 14.2 Å². The molecule has 0 bridgehead atoms. The molecule has 1 amide bonds. The summed E-state index contributed by atoms with van der Waals surface area (Å²) in [4.78, 5) is 37.0. The summed E-state index contributed by atoms with van der Waals surface area (Å²) in [5, 5.41) is 2.89. The van der Waals surface area contributed by atoms with Crippen LogP contribution in [0.15, 0.2) is 24.3 Å². The third-order valence-corrected chi connectivity index (χ3v) is 4.74. The van der Waals surface area contributed by atoms with E-state index in [9.17, 15) is 14.4 Å². The lowest BCUT2D eigenvalue weighted by Gasteiger charge is -2.07. The first-order valence-corrected chi connectivity index (χ1v) is 8.58. The van der Waals surface area contributed by atoms with E-state index in [4.69, 9.17) is 14.2 Å². The molecule has 1 N–H and O–H groups in total. The molecule has 2 aromatic rings. The Morgan fingerprint density at radius 2 is 1.88 bits per heavy atom. The summed E-state index contributed by atoms with van der Waals surface area (Å²) in [6, 6.07) is 6.58. The summed E-state index contributed by atoms with van der Waals surface area (Å²) in [6.45, 7) is 3.50. The van der Waals surface area contributed by atoms with Gasteiger partial charge in [0, 0.05) is 5.56 Å². The van der Waals surface area contributed by atoms with Crippen molar-refractivity contribution in [2.75, 3.05) is 26.1 Å². The van der Waals surface area contributed by atoms with Gasteiger partial charge in [0.1, 0.15) is 15.6 Å². The zero-order chi connectivity index (χ0) is 19.3. The number of benzene rings is 1. The SMILES string of the molecule is CCOC(=O)c1sc(NC(=O)c2cccc(OC)c2)c(C(=O)OC)c1C.